The zero-order valence-corrected chi connectivity index (χ0v) is 22.2. The van der Waals surface area contributed by atoms with Gasteiger partial charge < -0.3 is 24.8 Å². The number of nitrogens with one attached hydrogen (secondary N) is 1. The van der Waals surface area contributed by atoms with Crippen LogP contribution in [0.4, 0.5) is 5.69 Å². The quantitative estimate of drug-likeness (QED) is 0.608. The van der Waals surface area contributed by atoms with E-state index < -0.39 is 5.97 Å². The average molecular weight is 512 g/mol. The first-order chi connectivity index (χ1) is 17.6. The monoisotopic (exact) mass is 511 g/mol. The third-order valence-electron chi connectivity index (χ3n) is 6.80. The molecule has 0 spiro atoms. The number of carbonyl (C=O) groups excluding carboxylic acids is 2. The smallest absolute Gasteiger partial charge is 0.336 e. The van der Waals surface area contributed by atoms with E-state index in [0.29, 0.717) is 43.1 Å². The van der Waals surface area contributed by atoms with Gasteiger partial charge in [-0.25, -0.2) is 4.79 Å². The molecule has 3 rings (SSSR count). The predicted octanol–water partition coefficient (Wildman–Crippen LogP) is 3.74. The fourth-order valence-electron chi connectivity index (χ4n) is 4.48. The highest BCUT2D eigenvalue weighted by molar-refractivity contribution is 5.99. The predicted molar refractivity (Wildman–Crippen MR) is 141 cm³/mol. The van der Waals surface area contributed by atoms with Gasteiger partial charge in [0.05, 0.1) is 17.2 Å². The maximum Gasteiger partial charge on any atom is 0.336 e. The fourth-order valence-corrected chi connectivity index (χ4v) is 4.48. The number of anilines is 1. The summed E-state index contributed by atoms with van der Waals surface area (Å²) in [7, 11) is 3.35. The zero-order valence-electron chi connectivity index (χ0n) is 22.2. The Balaban J connectivity index is 1.97. The van der Waals surface area contributed by atoms with Crippen LogP contribution in [0.2, 0.25) is 0 Å². The van der Waals surface area contributed by atoms with E-state index in [1.807, 2.05) is 19.1 Å². The molecule has 9 heteroatoms. The fraction of sp³-hybridized carbons (Fsp3) is 0.464. The maximum atomic E-state index is 13.4. The lowest BCUT2D eigenvalue weighted by Crippen LogP contribution is -2.46. The number of hydrogen-bond acceptors (Lipinski definition) is 6. The molecule has 2 N–H and O–H groups in total. The highest BCUT2D eigenvalue weighted by atomic mass is 16.5. The summed E-state index contributed by atoms with van der Waals surface area (Å²) in [6.45, 7) is 7.53. The molecule has 9 nitrogen and oxygen atoms in total. The molecule has 0 saturated heterocycles. The van der Waals surface area contributed by atoms with Gasteiger partial charge in [0.2, 0.25) is 5.91 Å². The SMILES string of the molecule is CCC(=O)Nc1ccc2c(c1)C(=O)N(C)C[C@@H](OC)[C@H](C)CN(Cc1ccccc1C(=O)O)[C@@H](C)CO2. The van der Waals surface area contributed by atoms with Crippen LogP contribution in [0.15, 0.2) is 42.5 Å². The second-order valence-corrected chi connectivity index (χ2v) is 9.60. The molecule has 0 aromatic heterocycles. The summed E-state index contributed by atoms with van der Waals surface area (Å²) in [6, 6.07) is 12.0. The maximum absolute atomic E-state index is 13.4. The van der Waals surface area contributed by atoms with Gasteiger partial charge in [0.15, 0.2) is 0 Å². The molecule has 2 aromatic carbocycles. The second-order valence-electron chi connectivity index (χ2n) is 9.60. The van der Waals surface area contributed by atoms with Gasteiger partial charge in [0.25, 0.3) is 5.91 Å². The first-order valence-electron chi connectivity index (χ1n) is 12.5. The minimum atomic E-state index is -0.961. The number of likely N-dealkylation sites (N-methyl/N-ethyl adjacent to an activating group) is 1. The average Bonchev–Trinajstić information content (AvgIpc) is 2.89. The molecule has 1 aliphatic heterocycles. The lowest BCUT2D eigenvalue weighted by molar-refractivity contribution is -0.115. The number of nitrogens with zero attached hydrogens (tertiary/aromatic N) is 2. The topological polar surface area (TPSA) is 108 Å². The number of rotatable bonds is 6. The Morgan fingerprint density at radius 3 is 2.57 bits per heavy atom. The van der Waals surface area contributed by atoms with Gasteiger partial charge in [-0.1, -0.05) is 32.0 Å². The Kier molecular flexibility index (Phi) is 9.66. The number of methoxy groups -OCH3 is 1. The molecule has 1 heterocycles. The Morgan fingerprint density at radius 1 is 1.16 bits per heavy atom. The number of carboxylic acids is 1. The number of fused-ring (bicyclic) bond motifs is 1. The van der Waals surface area contributed by atoms with Crippen molar-refractivity contribution in [2.24, 2.45) is 5.92 Å². The minimum absolute atomic E-state index is 0.0359. The number of carbonyl (C=O) groups is 3. The summed E-state index contributed by atoms with van der Waals surface area (Å²) in [5.41, 5.74) is 1.88. The van der Waals surface area contributed by atoms with Crippen LogP contribution in [0, 0.1) is 5.92 Å². The number of carboxylic acid groups (broad SMARTS) is 1. The van der Waals surface area contributed by atoms with Crippen LogP contribution < -0.4 is 10.1 Å². The lowest BCUT2D eigenvalue weighted by Gasteiger charge is -2.36. The Labute approximate surface area is 218 Å². The first-order valence-corrected chi connectivity index (χ1v) is 12.5. The molecule has 0 bridgehead atoms. The molecule has 0 radical (unpaired) electrons. The van der Waals surface area contributed by atoms with Crippen molar-refractivity contribution in [1.29, 1.82) is 0 Å². The van der Waals surface area contributed by atoms with E-state index >= 15 is 0 Å². The Morgan fingerprint density at radius 2 is 1.89 bits per heavy atom. The van der Waals surface area contributed by atoms with Crippen molar-refractivity contribution in [1.82, 2.24) is 9.80 Å². The molecule has 0 unspecified atom stereocenters. The molecule has 2 amide bonds. The van der Waals surface area contributed by atoms with Gasteiger partial charge in [0, 0.05) is 51.9 Å². The molecule has 3 atom stereocenters. The summed E-state index contributed by atoms with van der Waals surface area (Å²) in [5.74, 6) is -0.872. The van der Waals surface area contributed by atoms with Gasteiger partial charge in [-0.05, 0) is 42.7 Å². The third-order valence-corrected chi connectivity index (χ3v) is 6.80. The van der Waals surface area contributed by atoms with Crippen LogP contribution in [-0.2, 0) is 16.1 Å². The van der Waals surface area contributed by atoms with Crippen molar-refractivity contribution >= 4 is 23.5 Å². The Hall–Kier alpha value is -3.43. The summed E-state index contributed by atoms with van der Waals surface area (Å²) >= 11 is 0. The molecule has 1 aliphatic rings. The van der Waals surface area contributed by atoms with Crippen molar-refractivity contribution < 1.29 is 29.0 Å². The summed E-state index contributed by atoms with van der Waals surface area (Å²) in [6.07, 6.45) is 0.0813. The van der Waals surface area contributed by atoms with Gasteiger partial charge in [0.1, 0.15) is 12.4 Å². The van der Waals surface area contributed by atoms with Crippen molar-refractivity contribution in [3.63, 3.8) is 0 Å². The van der Waals surface area contributed by atoms with Crippen molar-refractivity contribution in [3.05, 3.63) is 59.2 Å². The van der Waals surface area contributed by atoms with Gasteiger partial charge >= 0.3 is 5.97 Å². The van der Waals surface area contributed by atoms with E-state index in [1.54, 1.807) is 56.3 Å². The van der Waals surface area contributed by atoms with E-state index in [9.17, 15) is 19.5 Å². The van der Waals surface area contributed by atoms with Crippen LogP contribution in [0.1, 0.15) is 53.5 Å². The highest BCUT2D eigenvalue weighted by Crippen LogP contribution is 2.27. The molecular weight excluding hydrogens is 474 g/mol. The van der Waals surface area contributed by atoms with Crippen molar-refractivity contribution in [2.75, 3.05) is 39.2 Å². The van der Waals surface area contributed by atoms with Gasteiger partial charge in [-0.2, -0.15) is 0 Å². The second kappa shape index (κ2) is 12.7. The number of benzene rings is 2. The highest BCUT2D eigenvalue weighted by Gasteiger charge is 2.29. The molecule has 2 aromatic rings. The van der Waals surface area contributed by atoms with Crippen LogP contribution in [0.3, 0.4) is 0 Å². The van der Waals surface area contributed by atoms with E-state index in [4.69, 9.17) is 9.47 Å². The normalized spacial score (nSPS) is 21.3. The zero-order chi connectivity index (χ0) is 27.1. The number of amides is 2. The molecular formula is C28H37N3O6. The first kappa shape index (κ1) is 28.1. The number of aromatic carboxylic acids is 1. The van der Waals surface area contributed by atoms with E-state index in [-0.39, 0.29) is 42.0 Å². The number of ether oxygens (including phenoxy) is 2. The van der Waals surface area contributed by atoms with E-state index in [0.717, 1.165) is 5.56 Å². The summed E-state index contributed by atoms with van der Waals surface area (Å²) in [4.78, 5) is 40.9. The van der Waals surface area contributed by atoms with Gasteiger partial charge in [-0.15, -0.1) is 0 Å². The van der Waals surface area contributed by atoms with Crippen molar-refractivity contribution in [3.8, 4) is 5.75 Å². The summed E-state index contributed by atoms with van der Waals surface area (Å²) < 4.78 is 12.0. The molecule has 0 saturated carbocycles. The summed E-state index contributed by atoms with van der Waals surface area (Å²) in [5, 5.41) is 12.5. The third kappa shape index (κ3) is 7.08. The number of hydrogen-bond donors (Lipinski definition) is 2. The molecule has 0 aliphatic carbocycles. The standard InChI is InChI=1S/C28H37N3O6/c1-6-26(32)29-21-11-12-24-23(13-21)27(33)30(4)16-25(36-5)18(2)14-31(19(3)17-37-24)15-20-9-7-8-10-22(20)28(34)35/h7-13,18-19,25H,6,14-17H2,1-5H3,(H,29,32)(H,34,35)/t18-,19+,25-/m1/s1. The molecule has 37 heavy (non-hydrogen) atoms. The largest absolute Gasteiger partial charge is 0.491 e. The van der Waals surface area contributed by atoms with Crippen LogP contribution >= 0.6 is 0 Å². The molecule has 200 valence electrons. The van der Waals surface area contributed by atoms with Crippen LogP contribution in [0.25, 0.3) is 0 Å². The van der Waals surface area contributed by atoms with Crippen molar-refractivity contribution in [2.45, 2.75) is 45.9 Å². The van der Waals surface area contributed by atoms with Crippen LogP contribution in [0.5, 0.6) is 5.75 Å². The van der Waals surface area contributed by atoms with Crippen LogP contribution in [-0.4, -0.2) is 78.7 Å². The minimum Gasteiger partial charge on any atom is -0.491 e. The van der Waals surface area contributed by atoms with E-state index in [1.165, 1.54) is 0 Å². The molecule has 0 fully saturated rings. The Bertz CT molecular complexity index is 1120. The lowest BCUT2D eigenvalue weighted by atomic mass is 10.00. The van der Waals surface area contributed by atoms with Gasteiger partial charge in [-0.3, -0.25) is 14.5 Å². The van der Waals surface area contributed by atoms with E-state index in [2.05, 4.69) is 17.1 Å².